The molecule has 1 aromatic rings. The number of likely N-dealkylation sites (tertiary alicyclic amines) is 1. The van der Waals surface area contributed by atoms with E-state index in [9.17, 15) is 9.59 Å². The molecule has 1 spiro atoms. The SMILES string of the molecule is CN1C(=O)OC2(CCN(C(N)=O)CC2)c2cccnc21. The topological polar surface area (TPSA) is 88.8 Å². The Kier molecular flexibility index (Phi) is 2.77. The van der Waals surface area contributed by atoms with Crippen molar-refractivity contribution < 1.29 is 14.3 Å². The van der Waals surface area contributed by atoms with Crippen molar-refractivity contribution in [1.29, 1.82) is 0 Å². The number of piperidine rings is 1. The Balaban J connectivity index is 1.97. The molecule has 3 amide bonds. The van der Waals surface area contributed by atoms with Gasteiger partial charge in [0.05, 0.1) is 0 Å². The molecule has 0 unspecified atom stereocenters. The number of hydrogen-bond acceptors (Lipinski definition) is 4. The van der Waals surface area contributed by atoms with Crippen LogP contribution in [0.5, 0.6) is 0 Å². The smallest absolute Gasteiger partial charge is 0.416 e. The summed E-state index contributed by atoms with van der Waals surface area (Å²) in [4.78, 5) is 30.5. The number of carbonyl (C=O) groups is 2. The van der Waals surface area contributed by atoms with Gasteiger partial charge in [0, 0.05) is 44.7 Å². The number of fused-ring (bicyclic) bond motifs is 2. The van der Waals surface area contributed by atoms with E-state index in [1.54, 1.807) is 18.1 Å². The minimum absolute atomic E-state index is 0.413. The molecule has 1 fully saturated rings. The summed E-state index contributed by atoms with van der Waals surface area (Å²) in [5.41, 5.74) is 5.49. The van der Waals surface area contributed by atoms with E-state index >= 15 is 0 Å². The van der Waals surface area contributed by atoms with Crippen LogP contribution >= 0.6 is 0 Å². The van der Waals surface area contributed by atoms with Gasteiger partial charge >= 0.3 is 12.1 Å². The standard InChI is InChI=1S/C13H16N4O3/c1-16-10-9(3-2-6-15-10)13(20-12(16)19)4-7-17(8-5-13)11(14)18/h2-3,6H,4-5,7-8H2,1H3,(H2,14,18). The number of rotatable bonds is 0. The highest BCUT2D eigenvalue weighted by molar-refractivity contribution is 5.89. The Morgan fingerprint density at radius 1 is 1.45 bits per heavy atom. The van der Waals surface area contributed by atoms with Crippen LogP contribution in [0.2, 0.25) is 0 Å². The van der Waals surface area contributed by atoms with E-state index in [0.29, 0.717) is 31.7 Å². The van der Waals surface area contributed by atoms with Gasteiger partial charge in [0.15, 0.2) is 0 Å². The lowest BCUT2D eigenvalue weighted by Gasteiger charge is -2.45. The van der Waals surface area contributed by atoms with Gasteiger partial charge < -0.3 is 15.4 Å². The van der Waals surface area contributed by atoms with Crippen molar-refractivity contribution in [2.45, 2.75) is 18.4 Å². The van der Waals surface area contributed by atoms with Crippen LogP contribution < -0.4 is 10.6 Å². The lowest BCUT2D eigenvalue weighted by atomic mass is 9.83. The first-order valence-corrected chi connectivity index (χ1v) is 6.50. The Hall–Kier alpha value is -2.31. The maximum absolute atomic E-state index is 12.0. The zero-order valence-electron chi connectivity index (χ0n) is 11.2. The van der Waals surface area contributed by atoms with Crippen molar-refractivity contribution in [3.63, 3.8) is 0 Å². The average Bonchev–Trinajstić information content (AvgIpc) is 2.46. The third-order valence-electron chi connectivity index (χ3n) is 4.03. The van der Waals surface area contributed by atoms with Gasteiger partial charge in [-0.3, -0.25) is 4.90 Å². The highest BCUT2D eigenvalue weighted by Gasteiger charge is 2.47. The molecule has 0 aromatic carbocycles. The summed E-state index contributed by atoms with van der Waals surface area (Å²) in [6, 6.07) is 3.31. The van der Waals surface area contributed by atoms with Gasteiger partial charge in [-0.15, -0.1) is 0 Å². The van der Waals surface area contributed by atoms with Crippen LogP contribution in [-0.2, 0) is 10.3 Å². The van der Waals surface area contributed by atoms with Crippen molar-refractivity contribution in [1.82, 2.24) is 9.88 Å². The first kappa shape index (κ1) is 12.7. The molecule has 7 nitrogen and oxygen atoms in total. The number of primary amides is 1. The molecule has 0 bridgehead atoms. The molecule has 1 aromatic heterocycles. The fraction of sp³-hybridized carbons (Fsp3) is 0.462. The molecule has 2 aliphatic rings. The van der Waals surface area contributed by atoms with Gasteiger partial charge in [0.2, 0.25) is 0 Å². The van der Waals surface area contributed by atoms with Gasteiger partial charge in [0.25, 0.3) is 0 Å². The van der Waals surface area contributed by atoms with E-state index in [1.807, 2.05) is 12.1 Å². The van der Waals surface area contributed by atoms with Gasteiger partial charge in [-0.05, 0) is 12.1 Å². The van der Waals surface area contributed by atoms with Crippen LogP contribution in [0, 0.1) is 0 Å². The lowest BCUT2D eigenvalue weighted by molar-refractivity contribution is -0.0340. The minimum atomic E-state index is -0.695. The normalized spacial score (nSPS) is 20.6. The second-order valence-corrected chi connectivity index (χ2v) is 5.12. The molecule has 1 saturated heterocycles. The summed E-state index contributed by atoms with van der Waals surface area (Å²) in [5.74, 6) is 0.622. The first-order valence-electron chi connectivity index (χ1n) is 6.50. The zero-order chi connectivity index (χ0) is 14.3. The monoisotopic (exact) mass is 276 g/mol. The van der Waals surface area contributed by atoms with E-state index < -0.39 is 17.7 Å². The van der Waals surface area contributed by atoms with E-state index in [2.05, 4.69) is 4.98 Å². The van der Waals surface area contributed by atoms with Crippen molar-refractivity contribution in [2.24, 2.45) is 5.73 Å². The van der Waals surface area contributed by atoms with Crippen LogP contribution in [0.3, 0.4) is 0 Å². The number of nitrogens with zero attached hydrogens (tertiary/aromatic N) is 3. The molecule has 0 atom stereocenters. The molecule has 0 radical (unpaired) electrons. The van der Waals surface area contributed by atoms with Crippen molar-refractivity contribution >= 4 is 17.9 Å². The fourth-order valence-electron chi connectivity index (χ4n) is 2.86. The number of ether oxygens (including phenoxy) is 1. The Bertz CT molecular complexity index is 566. The quantitative estimate of drug-likeness (QED) is 0.766. The number of carbonyl (C=O) groups excluding carboxylic acids is 2. The number of nitrogens with two attached hydrogens (primary N) is 1. The highest BCUT2D eigenvalue weighted by atomic mass is 16.6. The number of hydrogen-bond donors (Lipinski definition) is 1. The summed E-state index contributed by atoms with van der Waals surface area (Å²) in [6.45, 7) is 0.946. The molecule has 7 heteroatoms. The van der Waals surface area contributed by atoms with E-state index in [0.717, 1.165) is 5.56 Å². The molecular weight excluding hydrogens is 260 g/mol. The van der Waals surface area contributed by atoms with Crippen LogP contribution in [0.4, 0.5) is 15.4 Å². The predicted octanol–water partition coefficient (Wildman–Crippen LogP) is 1.04. The Morgan fingerprint density at radius 2 is 2.15 bits per heavy atom. The van der Waals surface area contributed by atoms with Gasteiger partial charge in [-0.2, -0.15) is 0 Å². The second kappa shape index (κ2) is 4.36. The average molecular weight is 276 g/mol. The molecule has 0 aliphatic carbocycles. The largest absolute Gasteiger partial charge is 0.437 e. The van der Waals surface area contributed by atoms with E-state index in [-0.39, 0.29) is 0 Å². The molecule has 2 aliphatic heterocycles. The van der Waals surface area contributed by atoms with Crippen LogP contribution in [0.1, 0.15) is 18.4 Å². The van der Waals surface area contributed by atoms with Gasteiger partial charge in [0.1, 0.15) is 11.4 Å². The molecule has 20 heavy (non-hydrogen) atoms. The van der Waals surface area contributed by atoms with Crippen LogP contribution in [-0.4, -0.2) is 42.1 Å². The molecule has 106 valence electrons. The van der Waals surface area contributed by atoms with Gasteiger partial charge in [-0.1, -0.05) is 0 Å². The third kappa shape index (κ3) is 1.77. The number of aromatic nitrogens is 1. The van der Waals surface area contributed by atoms with Crippen molar-refractivity contribution in [3.8, 4) is 0 Å². The van der Waals surface area contributed by atoms with Crippen molar-refractivity contribution in [2.75, 3.05) is 25.0 Å². The van der Waals surface area contributed by atoms with Crippen LogP contribution in [0.25, 0.3) is 0 Å². The summed E-state index contributed by atoms with van der Waals surface area (Å²) in [6.07, 6.45) is 2.31. The second-order valence-electron chi connectivity index (χ2n) is 5.12. The number of pyridine rings is 1. The fourth-order valence-corrected chi connectivity index (χ4v) is 2.86. The maximum atomic E-state index is 12.0. The molecule has 2 N–H and O–H groups in total. The highest BCUT2D eigenvalue weighted by Crippen LogP contribution is 2.43. The Labute approximate surface area is 116 Å². The molecule has 0 saturated carbocycles. The summed E-state index contributed by atoms with van der Waals surface area (Å²) >= 11 is 0. The number of anilines is 1. The maximum Gasteiger partial charge on any atom is 0.416 e. The number of urea groups is 1. The third-order valence-corrected chi connectivity index (χ3v) is 4.03. The van der Waals surface area contributed by atoms with E-state index in [1.165, 1.54) is 4.90 Å². The summed E-state index contributed by atoms with van der Waals surface area (Å²) in [5, 5.41) is 0. The summed E-state index contributed by atoms with van der Waals surface area (Å²) < 4.78 is 5.65. The molecule has 3 heterocycles. The first-order chi connectivity index (χ1) is 9.53. The zero-order valence-corrected chi connectivity index (χ0v) is 11.2. The lowest BCUT2D eigenvalue weighted by Crippen LogP contribution is -2.52. The molecular formula is C13H16N4O3. The van der Waals surface area contributed by atoms with Gasteiger partial charge in [-0.25, -0.2) is 14.6 Å². The predicted molar refractivity (Wildman–Crippen MR) is 71.2 cm³/mol. The number of amides is 3. The summed E-state index contributed by atoms with van der Waals surface area (Å²) in [7, 11) is 1.64. The van der Waals surface area contributed by atoms with E-state index in [4.69, 9.17) is 10.5 Å². The minimum Gasteiger partial charge on any atom is -0.437 e. The Morgan fingerprint density at radius 3 is 2.80 bits per heavy atom. The molecule has 3 rings (SSSR count). The van der Waals surface area contributed by atoms with Crippen LogP contribution in [0.15, 0.2) is 18.3 Å². The van der Waals surface area contributed by atoms with Crippen molar-refractivity contribution in [3.05, 3.63) is 23.9 Å².